The molecule has 1 aliphatic rings. The van der Waals surface area contributed by atoms with Gasteiger partial charge >= 0.3 is 6.03 Å². The van der Waals surface area contributed by atoms with Crippen molar-refractivity contribution in [3.05, 3.63) is 29.8 Å². The maximum Gasteiger partial charge on any atom is 0.315 e. The molecule has 3 atom stereocenters. The van der Waals surface area contributed by atoms with E-state index in [2.05, 4.69) is 10.6 Å². The van der Waals surface area contributed by atoms with E-state index in [1.165, 1.54) is 0 Å². The van der Waals surface area contributed by atoms with E-state index in [1.54, 1.807) is 0 Å². The minimum absolute atomic E-state index is 0.0795. The molecule has 1 aromatic rings. The van der Waals surface area contributed by atoms with Gasteiger partial charge in [-0.05, 0) is 44.4 Å². The van der Waals surface area contributed by atoms with Crippen molar-refractivity contribution in [2.45, 2.75) is 45.3 Å². The topological polar surface area (TPSA) is 70.6 Å². The first-order valence-corrected chi connectivity index (χ1v) is 8.05. The summed E-state index contributed by atoms with van der Waals surface area (Å²) < 4.78 is 5.40. The Morgan fingerprint density at radius 3 is 2.68 bits per heavy atom. The predicted molar refractivity (Wildman–Crippen MR) is 85.9 cm³/mol. The van der Waals surface area contributed by atoms with Crippen molar-refractivity contribution in [3.63, 3.8) is 0 Å². The quantitative estimate of drug-likeness (QED) is 0.756. The van der Waals surface area contributed by atoms with Crippen LogP contribution in [0.5, 0.6) is 5.75 Å². The summed E-state index contributed by atoms with van der Waals surface area (Å²) in [5, 5.41) is 15.5. The number of urea groups is 1. The maximum atomic E-state index is 11.9. The van der Waals surface area contributed by atoms with Crippen LogP contribution in [0.15, 0.2) is 24.3 Å². The Bertz CT molecular complexity index is 475. The summed E-state index contributed by atoms with van der Waals surface area (Å²) in [5.41, 5.74) is 1.03. The molecule has 0 heterocycles. The molecule has 0 bridgehead atoms. The number of carbonyl (C=O) groups excluding carboxylic acids is 1. The number of benzene rings is 1. The summed E-state index contributed by atoms with van der Waals surface area (Å²) in [4.78, 5) is 11.9. The molecule has 0 aliphatic heterocycles. The van der Waals surface area contributed by atoms with E-state index in [1.807, 2.05) is 38.1 Å². The van der Waals surface area contributed by atoms with E-state index < -0.39 is 0 Å². The largest absolute Gasteiger partial charge is 0.494 e. The molecule has 5 nitrogen and oxygen atoms in total. The Balaban J connectivity index is 1.77. The lowest BCUT2D eigenvalue weighted by Gasteiger charge is -2.18. The number of nitrogens with one attached hydrogen (secondary N) is 2. The second-order valence-electron chi connectivity index (χ2n) is 5.84. The van der Waals surface area contributed by atoms with Gasteiger partial charge in [-0.1, -0.05) is 18.6 Å². The summed E-state index contributed by atoms with van der Waals surface area (Å²) in [6.07, 6.45) is 2.59. The van der Waals surface area contributed by atoms with Crippen molar-refractivity contribution in [2.75, 3.05) is 13.2 Å². The van der Waals surface area contributed by atoms with Gasteiger partial charge in [-0.2, -0.15) is 0 Å². The molecule has 0 aromatic heterocycles. The SMILES string of the molecule is CCOc1ccc([C@H](C)NC(=O)NC[C@@H]2CCC[C@@H]2O)cc1. The number of aliphatic hydroxyl groups is 1. The zero-order valence-corrected chi connectivity index (χ0v) is 13.3. The highest BCUT2D eigenvalue weighted by atomic mass is 16.5. The van der Waals surface area contributed by atoms with Gasteiger partial charge in [-0.25, -0.2) is 4.79 Å². The number of aliphatic hydroxyl groups excluding tert-OH is 1. The van der Waals surface area contributed by atoms with E-state index >= 15 is 0 Å². The monoisotopic (exact) mass is 306 g/mol. The molecule has 0 saturated heterocycles. The average Bonchev–Trinajstić information content (AvgIpc) is 2.91. The Hall–Kier alpha value is -1.75. The van der Waals surface area contributed by atoms with Crippen LogP contribution in [0.3, 0.4) is 0 Å². The van der Waals surface area contributed by atoms with Gasteiger partial charge in [0, 0.05) is 12.5 Å². The predicted octanol–water partition coefficient (Wildman–Crippen LogP) is 2.61. The van der Waals surface area contributed by atoms with Crippen molar-refractivity contribution in [2.24, 2.45) is 5.92 Å². The zero-order valence-electron chi connectivity index (χ0n) is 13.3. The summed E-state index contributed by atoms with van der Waals surface area (Å²) in [5.74, 6) is 1.02. The van der Waals surface area contributed by atoms with Crippen molar-refractivity contribution in [3.8, 4) is 5.75 Å². The van der Waals surface area contributed by atoms with E-state index in [4.69, 9.17) is 4.74 Å². The molecule has 0 spiro atoms. The first-order chi connectivity index (χ1) is 10.6. The Morgan fingerprint density at radius 2 is 2.09 bits per heavy atom. The molecule has 1 saturated carbocycles. The van der Waals surface area contributed by atoms with Crippen LogP contribution in [0.1, 0.15) is 44.7 Å². The molecule has 2 rings (SSSR count). The minimum atomic E-state index is -0.274. The molecule has 0 unspecified atom stereocenters. The van der Waals surface area contributed by atoms with Crippen LogP contribution in [0.25, 0.3) is 0 Å². The van der Waals surface area contributed by atoms with E-state index in [0.29, 0.717) is 13.2 Å². The molecule has 22 heavy (non-hydrogen) atoms. The first-order valence-electron chi connectivity index (χ1n) is 8.05. The lowest BCUT2D eigenvalue weighted by atomic mass is 10.1. The minimum Gasteiger partial charge on any atom is -0.494 e. The second-order valence-corrected chi connectivity index (χ2v) is 5.84. The van der Waals surface area contributed by atoms with E-state index in [-0.39, 0.29) is 24.1 Å². The molecule has 3 N–H and O–H groups in total. The highest BCUT2D eigenvalue weighted by Gasteiger charge is 2.25. The fourth-order valence-corrected chi connectivity index (χ4v) is 2.83. The smallest absolute Gasteiger partial charge is 0.315 e. The van der Waals surface area contributed by atoms with E-state index in [9.17, 15) is 9.90 Å². The zero-order chi connectivity index (χ0) is 15.9. The number of hydrogen-bond acceptors (Lipinski definition) is 3. The third-order valence-electron chi connectivity index (χ3n) is 4.18. The van der Waals surface area contributed by atoms with E-state index in [0.717, 1.165) is 30.6 Å². The molecule has 5 heteroatoms. The Labute approximate surface area is 132 Å². The lowest BCUT2D eigenvalue weighted by molar-refractivity contribution is 0.132. The van der Waals surface area contributed by atoms with Gasteiger partial charge in [-0.3, -0.25) is 0 Å². The number of carbonyl (C=O) groups is 1. The van der Waals surface area contributed by atoms with Crippen LogP contribution < -0.4 is 15.4 Å². The van der Waals surface area contributed by atoms with Crippen LogP contribution >= 0.6 is 0 Å². The van der Waals surface area contributed by atoms with Gasteiger partial charge in [0.2, 0.25) is 0 Å². The summed E-state index contributed by atoms with van der Waals surface area (Å²) in [7, 11) is 0. The molecular weight excluding hydrogens is 280 g/mol. The normalized spacial score (nSPS) is 22.1. The highest BCUT2D eigenvalue weighted by Crippen LogP contribution is 2.24. The Kier molecular flexibility index (Phi) is 6.07. The van der Waals surface area contributed by atoms with Gasteiger partial charge in [0.05, 0.1) is 18.8 Å². The van der Waals surface area contributed by atoms with Crippen LogP contribution in [-0.2, 0) is 0 Å². The maximum absolute atomic E-state index is 11.9. The molecule has 122 valence electrons. The van der Waals surface area contributed by atoms with Crippen molar-refractivity contribution >= 4 is 6.03 Å². The molecule has 1 aromatic carbocycles. The third-order valence-corrected chi connectivity index (χ3v) is 4.18. The molecular formula is C17H26N2O3. The van der Waals surface area contributed by atoms with Gasteiger partial charge in [0.1, 0.15) is 5.75 Å². The highest BCUT2D eigenvalue weighted by molar-refractivity contribution is 5.74. The molecule has 2 amide bonds. The Morgan fingerprint density at radius 1 is 1.36 bits per heavy atom. The fourth-order valence-electron chi connectivity index (χ4n) is 2.83. The van der Waals surface area contributed by atoms with Crippen LogP contribution in [0, 0.1) is 5.92 Å². The van der Waals surface area contributed by atoms with Crippen LogP contribution in [0.4, 0.5) is 4.79 Å². The van der Waals surface area contributed by atoms with Crippen molar-refractivity contribution in [1.82, 2.24) is 10.6 Å². The standard InChI is InChI=1S/C17H26N2O3/c1-3-22-15-9-7-13(8-10-15)12(2)19-17(21)18-11-14-5-4-6-16(14)20/h7-10,12,14,16,20H,3-6,11H2,1-2H3,(H2,18,19,21)/t12-,14-,16-/m0/s1. The van der Waals surface area contributed by atoms with Gasteiger partial charge in [0.15, 0.2) is 0 Å². The van der Waals surface area contributed by atoms with Crippen molar-refractivity contribution < 1.29 is 14.6 Å². The number of rotatable bonds is 6. The summed E-state index contributed by atoms with van der Waals surface area (Å²) in [6, 6.07) is 7.45. The van der Waals surface area contributed by atoms with Crippen molar-refractivity contribution in [1.29, 1.82) is 0 Å². The number of ether oxygens (including phenoxy) is 1. The number of amides is 2. The molecule has 0 radical (unpaired) electrons. The fraction of sp³-hybridized carbons (Fsp3) is 0.588. The summed E-state index contributed by atoms with van der Waals surface area (Å²) in [6.45, 7) is 5.06. The van der Waals surface area contributed by atoms with Gasteiger partial charge in [0.25, 0.3) is 0 Å². The van der Waals surface area contributed by atoms with Gasteiger partial charge in [-0.15, -0.1) is 0 Å². The first kappa shape index (κ1) is 16.6. The van der Waals surface area contributed by atoms with Crippen LogP contribution in [-0.4, -0.2) is 30.4 Å². The third kappa shape index (κ3) is 4.63. The lowest BCUT2D eigenvalue weighted by Crippen LogP contribution is -2.40. The number of hydrogen-bond donors (Lipinski definition) is 3. The average molecular weight is 306 g/mol. The molecule has 1 aliphatic carbocycles. The van der Waals surface area contributed by atoms with Gasteiger partial charge < -0.3 is 20.5 Å². The second kappa shape index (κ2) is 8.03. The van der Waals surface area contributed by atoms with Crippen LogP contribution in [0.2, 0.25) is 0 Å². The summed E-state index contributed by atoms with van der Waals surface area (Å²) >= 11 is 0. The molecule has 1 fully saturated rings.